The first-order chi connectivity index (χ1) is 11.2. The van der Waals surface area contributed by atoms with Gasteiger partial charge in [-0.05, 0) is 37.1 Å². The Labute approximate surface area is 136 Å². The SMILES string of the molecule is CC(=O)Nc1ccc(NC(=O)C2CCCN2C(=O)C(F)(F)F)cc1. The summed E-state index contributed by atoms with van der Waals surface area (Å²) in [6, 6.07) is 4.96. The summed E-state index contributed by atoms with van der Waals surface area (Å²) in [5, 5.41) is 5.04. The predicted molar refractivity (Wildman–Crippen MR) is 80.2 cm³/mol. The number of nitrogens with zero attached hydrogens (tertiary/aromatic N) is 1. The van der Waals surface area contributed by atoms with Gasteiger partial charge in [-0.15, -0.1) is 0 Å². The van der Waals surface area contributed by atoms with E-state index in [0.717, 1.165) is 0 Å². The lowest BCUT2D eigenvalue weighted by atomic mass is 10.2. The van der Waals surface area contributed by atoms with Crippen LogP contribution in [0.15, 0.2) is 24.3 Å². The van der Waals surface area contributed by atoms with E-state index in [-0.39, 0.29) is 18.9 Å². The number of hydrogen-bond donors (Lipinski definition) is 2. The van der Waals surface area contributed by atoms with Crippen LogP contribution in [0.3, 0.4) is 0 Å². The Morgan fingerprint density at radius 1 is 1.08 bits per heavy atom. The average molecular weight is 343 g/mol. The molecule has 1 saturated heterocycles. The second kappa shape index (κ2) is 6.90. The summed E-state index contributed by atoms with van der Waals surface area (Å²) in [7, 11) is 0. The molecule has 2 N–H and O–H groups in total. The molecule has 24 heavy (non-hydrogen) atoms. The van der Waals surface area contributed by atoms with Crippen molar-refractivity contribution in [2.24, 2.45) is 0 Å². The molecule has 0 spiro atoms. The van der Waals surface area contributed by atoms with Crippen molar-refractivity contribution < 1.29 is 27.6 Å². The number of hydrogen-bond acceptors (Lipinski definition) is 3. The van der Waals surface area contributed by atoms with Crippen molar-refractivity contribution in [1.82, 2.24) is 4.90 Å². The molecule has 2 rings (SSSR count). The van der Waals surface area contributed by atoms with Crippen LogP contribution in [0.2, 0.25) is 0 Å². The van der Waals surface area contributed by atoms with Crippen LogP contribution < -0.4 is 10.6 Å². The molecule has 1 heterocycles. The van der Waals surface area contributed by atoms with E-state index in [4.69, 9.17) is 0 Å². The Morgan fingerprint density at radius 2 is 1.62 bits per heavy atom. The van der Waals surface area contributed by atoms with Crippen molar-refractivity contribution in [3.63, 3.8) is 0 Å². The minimum absolute atomic E-state index is 0.0993. The number of benzene rings is 1. The first-order valence-corrected chi connectivity index (χ1v) is 7.25. The molecule has 1 aromatic carbocycles. The van der Waals surface area contributed by atoms with Crippen molar-refractivity contribution in [2.75, 3.05) is 17.2 Å². The highest BCUT2D eigenvalue weighted by Crippen LogP contribution is 2.26. The molecule has 130 valence electrons. The smallest absolute Gasteiger partial charge is 0.326 e. The normalized spacial score (nSPS) is 17.5. The van der Waals surface area contributed by atoms with Crippen molar-refractivity contribution >= 4 is 29.1 Å². The first-order valence-electron chi connectivity index (χ1n) is 7.25. The average Bonchev–Trinajstić information content (AvgIpc) is 2.96. The van der Waals surface area contributed by atoms with Gasteiger partial charge in [0.15, 0.2) is 0 Å². The second-order valence-corrected chi connectivity index (χ2v) is 5.40. The molecular formula is C15H16F3N3O3. The third-order valence-electron chi connectivity index (χ3n) is 3.53. The van der Waals surface area contributed by atoms with Crippen LogP contribution >= 0.6 is 0 Å². The summed E-state index contributed by atoms with van der Waals surface area (Å²) >= 11 is 0. The van der Waals surface area contributed by atoms with Gasteiger partial charge in [0.1, 0.15) is 6.04 Å². The van der Waals surface area contributed by atoms with Crippen LogP contribution in [0, 0.1) is 0 Å². The third-order valence-corrected chi connectivity index (χ3v) is 3.53. The maximum absolute atomic E-state index is 12.6. The minimum atomic E-state index is -5.00. The third kappa shape index (κ3) is 4.24. The largest absolute Gasteiger partial charge is 0.471 e. The Balaban J connectivity index is 2.03. The number of rotatable bonds is 3. The molecule has 1 aromatic rings. The van der Waals surface area contributed by atoms with Crippen LogP contribution in [0.25, 0.3) is 0 Å². The van der Waals surface area contributed by atoms with E-state index < -0.39 is 24.0 Å². The van der Waals surface area contributed by atoms with E-state index in [0.29, 0.717) is 22.7 Å². The van der Waals surface area contributed by atoms with Gasteiger partial charge in [0.2, 0.25) is 11.8 Å². The number of carbonyl (C=O) groups excluding carboxylic acids is 3. The zero-order chi connectivity index (χ0) is 17.9. The maximum Gasteiger partial charge on any atom is 0.471 e. The number of nitrogens with one attached hydrogen (secondary N) is 2. The number of likely N-dealkylation sites (tertiary alicyclic amines) is 1. The Morgan fingerprint density at radius 3 is 2.12 bits per heavy atom. The van der Waals surface area contributed by atoms with Crippen molar-refractivity contribution in [3.8, 4) is 0 Å². The topological polar surface area (TPSA) is 78.5 Å². The van der Waals surface area contributed by atoms with Gasteiger partial charge in [-0.3, -0.25) is 14.4 Å². The molecule has 9 heteroatoms. The number of anilines is 2. The summed E-state index contributed by atoms with van der Waals surface area (Å²) in [5.74, 6) is -2.92. The molecule has 1 aliphatic rings. The Bertz CT molecular complexity index is 644. The molecule has 1 unspecified atom stereocenters. The summed E-state index contributed by atoms with van der Waals surface area (Å²) in [4.78, 5) is 35.0. The van der Waals surface area contributed by atoms with Crippen molar-refractivity contribution in [2.45, 2.75) is 32.0 Å². The Hall–Kier alpha value is -2.58. The van der Waals surface area contributed by atoms with E-state index in [1.807, 2.05) is 0 Å². The van der Waals surface area contributed by atoms with Crippen molar-refractivity contribution in [1.29, 1.82) is 0 Å². The molecule has 0 bridgehead atoms. The fourth-order valence-electron chi connectivity index (χ4n) is 2.51. The van der Waals surface area contributed by atoms with Gasteiger partial charge in [-0.25, -0.2) is 0 Å². The van der Waals surface area contributed by atoms with E-state index >= 15 is 0 Å². The standard InChI is InChI=1S/C15H16F3N3O3/c1-9(22)19-10-4-6-11(7-5-10)20-13(23)12-3-2-8-21(12)14(24)15(16,17)18/h4-7,12H,2-3,8H2,1H3,(H,19,22)(H,20,23). The van der Waals surface area contributed by atoms with Crippen LogP contribution in [0.1, 0.15) is 19.8 Å². The van der Waals surface area contributed by atoms with E-state index in [1.54, 1.807) is 12.1 Å². The molecule has 1 fully saturated rings. The quantitative estimate of drug-likeness (QED) is 0.883. The lowest BCUT2D eigenvalue weighted by Gasteiger charge is -2.24. The summed E-state index contributed by atoms with van der Waals surface area (Å²) in [5.41, 5.74) is 0.885. The summed E-state index contributed by atoms with van der Waals surface area (Å²) in [6.07, 6.45) is -4.48. The van der Waals surface area contributed by atoms with Crippen LogP contribution in [-0.4, -0.2) is 41.4 Å². The maximum atomic E-state index is 12.6. The van der Waals surface area contributed by atoms with Gasteiger partial charge < -0.3 is 15.5 Å². The van der Waals surface area contributed by atoms with Gasteiger partial charge in [-0.2, -0.15) is 13.2 Å². The van der Waals surface area contributed by atoms with Crippen LogP contribution in [-0.2, 0) is 14.4 Å². The van der Waals surface area contributed by atoms with Gasteiger partial charge >= 0.3 is 12.1 Å². The fraction of sp³-hybridized carbons (Fsp3) is 0.400. The molecule has 0 radical (unpaired) electrons. The number of amides is 3. The Kier molecular flexibility index (Phi) is 5.10. The minimum Gasteiger partial charge on any atom is -0.326 e. The predicted octanol–water partition coefficient (Wildman–Crippen LogP) is 2.14. The molecule has 3 amide bonds. The zero-order valence-electron chi connectivity index (χ0n) is 12.8. The highest BCUT2D eigenvalue weighted by Gasteiger charge is 2.47. The molecule has 0 saturated carbocycles. The van der Waals surface area contributed by atoms with Gasteiger partial charge in [0.25, 0.3) is 0 Å². The first kappa shape index (κ1) is 17.8. The molecule has 6 nitrogen and oxygen atoms in total. The monoisotopic (exact) mass is 343 g/mol. The molecule has 0 aliphatic carbocycles. The van der Waals surface area contributed by atoms with Crippen LogP contribution in [0.4, 0.5) is 24.5 Å². The van der Waals surface area contributed by atoms with Crippen LogP contribution in [0.5, 0.6) is 0 Å². The molecule has 1 atom stereocenters. The highest BCUT2D eigenvalue weighted by atomic mass is 19.4. The molecular weight excluding hydrogens is 327 g/mol. The second-order valence-electron chi connectivity index (χ2n) is 5.40. The number of halogens is 3. The van der Waals surface area contributed by atoms with E-state index in [9.17, 15) is 27.6 Å². The number of alkyl halides is 3. The fourth-order valence-corrected chi connectivity index (χ4v) is 2.51. The van der Waals surface area contributed by atoms with E-state index in [1.165, 1.54) is 19.1 Å². The zero-order valence-corrected chi connectivity index (χ0v) is 12.8. The number of carbonyl (C=O) groups is 3. The van der Waals surface area contributed by atoms with Gasteiger partial charge in [0.05, 0.1) is 0 Å². The lowest BCUT2D eigenvalue weighted by molar-refractivity contribution is -0.186. The summed E-state index contributed by atoms with van der Waals surface area (Å²) < 4.78 is 37.7. The van der Waals surface area contributed by atoms with Gasteiger partial charge in [0, 0.05) is 24.8 Å². The molecule has 0 aromatic heterocycles. The van der Waals surface area contributed by atoms with E-state index in [2.05, 4.69) is 10.6 Å². The van der Waals surface area contributed by atoms with Crippen molar-refractivity contribution in [3.05, 3.63) is 24.3 Å². The summed E-state index contributed by atoms with van der Waals surface area (Å²) in [6.45, 7) is 1.25. The lowest BCUT2D eigenvalue weighted by Crippen LogP contribution is -2.48. The molecule has 1 aliphatic heterocycles. The highest BCUT2D eigenvalue weighted by molar-refractivity contribution is 5.98. The van der Waals surface area contributed by atoms with Gasteiger partial charge in [-0.1, -0.05) is 0 Å².